The highest BCUT2D eigenvalue weighted by Crippen LogP contribution is 2.23. The van der Waals surface area contributed by atoms with Crippen LogP contribution in [-0.4, -0.2) is 29.2 Å². The van der Waals surface area contributed by atoms with E-state index in [9.17, 15) is 9.59 Å². The summed E-state index contributed by atoms with van der Waals surface area (Å²) in [7, 11) is 0. The SMILES string of the molecule is Cc1ccc(N2NC(C(=O)Nc3ccc(Oc4cccc(Br)c4)nc3)=NCC2=O)cc1. The fourth-order valence-corrected chi connectivity index (χ4v) is 3.18. The van der Waals surface area contributed by atoms with Crippen LogP contribution in [-0.2, 0) is 9.59 Å². The lowest BCUT2D eigenvalue weighted by Gasteiger charge is -2.27. The summed E-state index contributed by atoms with van der Waals surface area (Å²) in [6, 6.07) is 18.1. The van der Waals surface area contributed by atoms with E-state index in [0.717, 1.165) is 10.0 Å². The molecule has 0 fully saturated rings. The van der Waals surface area contributed by atoms with Gasteiger partial charge in [0.25, 0.3) is 11.8 Å². The number of nitrogens with zero attached hydrogens (tertiary/aromatic N) is 3. The normalized spacial score (nSPS) is 13.3. The van der Waals surface area contributed by atoms with Crippen LogP contribution in [0.5, 0.6) is 11.6 Å². The minimum Gasteiger partial charge on any atom is -0.439 e. The number of rotatable bonds is 5. The lowest BCUT2D eigenvalue weighted by atomic mass is 10.2. The molecule has 2 N–H and O–H groups in total. The van der Waals surface area contributed by atoms with Crippen molar-refractivity contribution in [1.29, 1.82) is 0 Å². The molecule has 0 radical (unpaired) electrons. The lowest BCUT2D eigenvalue weighted by molar-refractivity contribution is -0.118. The van der Waals surface area contributed by atoms with Gasteiger partial charge in [0.2, 0.25) is 11.7 Å². The number of aromatic nitrogens is 1. The number of ether oxygens (including phenoxy) is 1. The zero-order valence-corrected chi connectivity index (χ0v) is 18.1. The Balaban J connectivity index is 1.40. The summed E-state index contributed by atoms with van der Waals surface area (Å²) < 4.78 is 6.58. The molecule has 3 aromatic rings. The number of halogens is 1. The van der Waals surface area contributed by atoms with Gasteiger partial charge in [0.15, 0.2) is 0 Å². The van der Waals surface area contributed by atoms with Crippen molar-refractivity contribution < 1.29 is 14.3 Å². The predicted octanol–water partition coefficient (Wildman–Crippen LogP) is 3.83. The van der Waals surface area contributed by atoms with Crippen LogP contribution in [0.1, 0.15) is 5.56 Å². The molecule has 0 saturated carbocycles. The topological polar surface area (TPSA) is 95.9 Å². The van der Waals surface area contributed by atoms with Crippen LogP contribution in [0, 0.1) is 6.92 Å². The molecule has 1 aliphatic heterocycles. The molecule has 9 heteroatoms. The predicted molar refractivity (Wildman–Crippen MR) is 121 cm³/mol. The molecular formula is C22H18BrN5O3. The number of nitrogens with one attached hydrogen (secondary N) is 2. The number of aliphatic imine (C=N–C) groups is 1. The Morgan fingerprint density at radius 1 is 1.16 bits per heavy atom. The van der Waals surface area contributed by atoms with Crippen molar-refractivity contribution in [2.45, 2.75) is 6.92 Å². The fraction of sp³-hybridized carbons (Fsp3) is 0.0909. The molecule has 0 unspecified atom stereocenters. The molecular weight excluding hydrogens is 462 g/mol. The average Bonchev–Trinajstić information content (AvgIpc) is 2.76. The standard InChI is InChI=1S/C22H18BrN5O3/c1-14-5-8-17(9-6-14)28-20(29)13-25-21(27-28)22(30)26-16-7-10-19(24-12-16)31-18-4-2-3-15(23)11-18/h2-12H,13H2,1H3,(H,25,27)(H,26,30). The molecule has 0 spiro atoms. The Hall–Kier alpha value is -3.72. The maximum atomic E-state index is 12.6. The zero-order valence-electron chi connectivity index (χ0n) is 16.5. The van der Waals surface area contributed by atoms with Gasteiger partial charge in [0, 0.05) is 10.5 Å². The lowest BCUT2D eigenvalue weighted by Crippen LogP contribution is -2.54. The highest BCUT2D eigenvalue weighted by molar-refractivity contribution is 9.10. The molecule has 0 bridgehead atoms. The van der Waals surface area contributed by atoms with Gasteiger partial charge >= 0.3 is 0 Å². The number of pyridine rings is 1. The molecule has 2 amide bonds. The first-order valence-electron chi connectivity index (χ1n) is 9.39. The van der Waals surface area contributed by atoms with Gasteiger partial charge in [-0.05, 0) is 43.3 Å². The number of benzene rings is 2. The Labute approximate surface area is 187 Å². The van der Waals surface area contributed by atoms with Gasteiger partial charge in [-0.25, -0.2) is 9.99 Å². The van der Waals surface area contributed by atoms with E-state index in [4.69, 9.17) is 4.74 Å². The van der Waals surface area contributed by atoms with Gasteiger partial charge in [-0.1, -0.05) is 39.7 Å². The average molecular weight is 480 g/mol. The summed E-state index contributed by atoms with van der Waals surface area (Å²) in [6.07, 6.45) is 1.48. The van der Waals surface area contributed by atoms with Crippen molar-refractivity contribution in [3.8, 4) is 11.6 Å². The number of aryl methyl sites for hydroxylation is 1. The van der Waals surface area contributed by atoms with Gasteiger partial charge in [-0.2, -0.15) is 0 Å². The molecule has 2 aromatic carbocycles. The first-order valence-corrected chi connectivity index (χ1v) is 10.2. The zero-order chi connectivity index (χ0) is 21.8. The monoisotopic (exact) mass is 479 g/mol. The second-order valence-corrected chi connectivity index (χ2v) is 7.66. The molecule has 156 valence electrons. The summed E-state index contributed by atoms with van der Waals surface area (Å²) in [4.78, 5) is 33.1. The summed E-state index contributed by atoms with van der Waals surface area (Å²) in [6.45, 7) is 1.83. The number of carbonyl (C=O) groups excluding carboxylic acids is 2. The highest BCUT2D eigenvalue weighted by atomic mass is 79.9. The minimum absolute atomic E-state index is 0.0367. The summed E-state index contributed by atoms with van der Waals surface area (Å²) in [5.41, 5.74) is 4.95. The molecule has 1 aromatic heterocycles. The van der Waals surface area contributed by atoms with Gasteiger partial charge in [0.05, 0.1) is 17.6 Å². The maximum absolute atomic E-state index is 12.6. The highest BCUT2D eigenvalue weighted by Gasteiger charge is 2.25. The molecule has 0 saturated heterocycles. The van der Waals surface area contributed by atoms with E-state index in [1.54, 1.807) is 24.3 Å². The van der Waals surface area contributed by atoms with Gasteiger partial charge in [0.1, 0.15) is 12.3 Å². The molecule has 31 heavy (non-hydrogen) atoms. The number of hydrogen-bond donors (Lipinski definition) is 2. The minimum atomic E-state index is -0.480. The molecule has 4 rings (SSSR count). The van der Waals surface area contributed by atoms with E-state index in [0.29, 0.717) is 23.0 Å². The van der Waals surface area contributed by atoms with E-state index in [1.807, 2.05) is 43.3 Å². The number of carbonyl (C=O) groups is 2. The van der Waals surface area contributed by atoms with Crippen molar-refractivity contribution >= 4 is 45.0 Å². The number of anilines is 2. The number of amides is 2. The van der Waals surface area contributed by atoms with Crippen LogP contribution in [0.3, 0.4) is 0 Å². The second kappa shape index (κ2) is 8.97. The Kier molecular flexibility index (Phi) is 5.94. The third-order valence-electron chi connectivity index (χ3n) is 4.36. The summed E-state index contributed by atoms with van der Waals surface area (Å²) >= 11 is 3.39. The van der Waals surface area contributed by atoms with Gasteiger partial charge in [-0.15, -0.1) is 0 Å². The Morgan fingerprint density at radius 3 is 2.68 bits per heavy atom. The Bertz CT molecular complexity index is 1150. The van der Waals surface area contributed by atoms with E-state index >= 15 is 0 Å². The van der Waals surface area contributed by atoms with Crippen molar-refractivity contribution in [1.82, 2.24) is 10.4 Å². The van der Waals surface area contributed by atoms with Crippen molar-refractivity contribution in [3.63, 3.8) is 0 Å². The van der Waals surface area contributed by atoms with E-state index in [2.05, 4.69) is 36.6 Å². The second-order valence-electron chi connectivity index (χ2n) is 6.74. The number of amidine groups is 1. The van der Waals surface area contributed by atoms with Crippen LogP contribution < -0.4 is 20.5 Å². The van der Waals surface area contributed by atoms with E-state index < -0.39 is 5.91 Å². The van der Waals surface area contributed by atoms with Crippen molar-refractivity contribution in [2.24, 2.45) is 4.99 Å². The molecule has 0 aliphatic carbocycles. The van der Waals surface area contributed by atoms with Crippen molar-refractivity contribution in [3.05, 3.63) is 76.9 Å². The third-order valence-corrected chi connectivity index (χ3v) is 4.85. The van der Waals surface area contributed by atoms with Crippen LogP contribution in [0.4, 0.5) is 11.4 Å². The molecule has 0 atom stereocenters. The molecule has 2 heterocycles. The first-order chi connectivity index (χ1) is 15.0. The van der Waals surface area contributed by atoms with Crippen LogP contribution in [0.15, 0.2) is 76.3 Å². The third kappa shape index (κ3) is 5.07. The Morgan fingerprint density at radius 2 is 1.97 bits per heavy atom. The van der Waals surface area contributed by atoms with Crippen LogP contribution >= 0.6 is 15.9 Å². The van der Waals surface area contributed by atoms with Gasteiger partial charge in [-0.3, -0.25) is 20.0 Å². The maximum Gasteiger partial charge on any atom is 0.292 e. The van der Waals surface area contributed by atoms with Gasteiger partial charge < -0.3 is 10.1 Å². The van der Waals surface area contributed by atoms with E-state index in [1.165, 1.54) is 11.2 Å². The van der Waals surface area contributed by atoms with Crippen molar-refractivity contribution in [2.75, 3.05) is 16.9 Å². The summed E-state index contributed by atoms with van der Waals surface area (Å²) in [5, 5.41) is 4.03. The number of hydrogen-bond acceptors (Lipinski definition) is 6. The van der Waals surface area contributed by atoms with Crippen LogP contribution in [0.2, 0.25) is 0 Å². The van der Waals surface area contributed by atoms with E-state index in [-0.39, 0.29) is 18.3 Å². The number of hydrazine groups is 1. The molecule has 8 nitrogen and oxygen atoms in total. The largest absolute Gasteiger partial charge is 0.439 e. The smallest absolute Gasteiger partial charge is 0.292 e. The quantitative estimate of drug-likeness (QED) is 0.579. The molecule has 1 aliphatic rings. The summed E-state index contributed by atoms with van der Waals surface area (Å²) in [5.74, 6) is 0.332. The first kappa shape index (κ1) is 20.5. The fourth-order valence-electron chi connectivity index (χ4n) is 2.80. The van der Waals surface area contributed by atoms with Crippen LogP contribution in [0.25, 0.3) is 0 Å².